The van der Waals surface area contributed by atoms with Crippen molar-refractivity contribution >= 4 is 17.6 Å². The van der Waals surface area contributed by atoms with Crippen molar-refractivity contribution in [2.75, 3.05) is 5.32 Å². The van der Waals surface area contributed by atoms with E-state index in [4.69, 9.17) is 11.3 Å². The van der Waals surface area contributed by atoms with Gasteiger partial charge in [-0.25, -0.2) is 0 Å². The molecule has 0 amide bonds. The van der Waals surface area contributed by atoms with E-state index in [0.717, 1.165) is 28.9 Å². The Morgan fingerprint density at radius 1 is 1.29 bits per heavy atom. The highest BCUT2D eigenvalue weighted by Gasteiger charge is 2.15. The van der Waals surface area contributed by atoms with Crippen molar-refractivity contribution in [3.8, 4) is 0 Å². The maximum absolute atomic E-state index is 7.57. The molecule has 0 aliphatic rings. The quantitative estimate of drug-likeness (QED) is 0.339. The summed E-state index contributed by atoms with van der Waals surface area (Å²) in [6.07, 6.45) is 4.18. The fraction of sp³-hybridized carbons (Fsp3) is 0.263. The monoisotopic (exact) mass is 323 g/mol. The van der Waals surface area contributed by atoms with E-state index in [1.54, 1.807) is 0 Å². The Hall–Kier alpha value is -2.66. The van der Waals surface area contributed by atoms with Gasteiger partial charge in [-0.1, -0.05) is 44.7 Å². The highest BCUT2D eigenvalue weighted by atomic mass is 15.2. The van der Waals surface area contributed by atoms with E-state index < -0.39 is 0 Å². The first-order valence-corrected chi connectivity index (χ1v) is 8.03. The molecule has 0 saturated carbocycles. The number of rotatable bonds is 8. The molecule has 1 heterocycles. The van der Waals surface area contributed by atoms with Crippen molar-refractivity contribution in [3.63, 3.8) is 0 Å². The van der Waals surface area contributed by atoms with Crippen molar-refractivity contribution in [3.05, 3.63) is 66.0 Å². The number of pyridine rings is 1. The van der Waals surface area contributed by atoms with Gasteiger partial charge >= 0.3 is 0 Å². The maximum atomic E-state index is 7.57. The van der Waals surface area contributed by atoms with Gasteiger partial charge in [0.15, 0.2) is 0 Å². The van der Waals surface area contributed by atoms with Gasteiger partial charge < -0.3 is 16.2 Å². The number of anilines is 1. The Bertz CT molecular complexity index is 691. The highest BCUT2D eigenvalue weighted by molar-refractivity contribution is 5.85. The fourth-order valence-electron chi connectivity index (χ4n) is 2.56. The van der Waals surface area contributed by atoms with E-state index in [-0.39, 0.29) is 6.04 Å². The van der Waals surface area contributed by atoms with Crippen LogP contribution in [0.1, 0.15) is 43.1 Å². The lowest BCUT2D eigenvalue weighted by atomic mass is 9.97. The molecule has 1 aromatic carbocycles. The van der Waals surface area contributed by atoms with E-state index in [0.29, 0.717) is 11.6 Å². The van der Waals surface area contributed by atoms with Crippen molar-refractivity contribution in [1.29, 1.82) is 5.41 Å². The number of hydrogen-bond donors (Lipinski definition) is 4. The van der Waals surface area contributed by atoms with E-state index in [9.17, 15) is 0 Å². The zero-order valence-corrected chi connectivity index (χ0v) is 14.2. The molecule has 2 aromatic rings. The largest absolute Gasteiger partial charge is 0.378 e. The predicted octanol–water partition coefficient (Wildman–Crippen LogP) is 3.71. The van der Waals surface area contributed by atoms with Gasteiger partial charge in [0.05, 0.1) is 17.4 Å². The minimum Gasteiger partial charge on any atom is -0.378 e. The first-order chi connectivity index (χ1) is 11.5. The molecule has 0 bridgehead atoms. The molecule has 0 aliphatic carbocycles. The summed E-state index contributed by atoms with van der Waals surface area (Å²) in [4.78, 5) is 4.43. The lowest BCUT2D eigenvalue weighted by Crippen LogP contribution is -2.20. The van der Waals surface area contributed by atoms with Crippen LogP contribution in [-0.2, 0) is 0 Å². The topological polar surface area (TPSA) is 86.8 Å². The minimum absolute atomic E-state index is 0.117. The SMILES string of the molecule is C=C(NN)c1ccc(C(CC(C)C)Nc2ccccc2C=N)cn1. The smallest absolute Gasteiger partial charge is 0.0868 e. The predicted molar refractivity (Wildman–Crippen MR) is 101 cm³/mol. The average molecular weight is 323 g/mol. The number of hydrazine groups is 1. The molecule has 2 rings (SSSR count). The van der Waals surface area contributed by atoms with Gasteiger partial charge in [-0.3, -0.25) is 10.8 Å². The second-order valence-corrected chi connectivity index (χ2v) is 6.16. The third-order valence-electron chi connectivity index (χ3n) is 3.83. The van der Waals surface area contributed by atoms with Crippen LogP contribution in [0.15, 0.2) is 49.2 Å². The van der Waals surface area contributed by atoms with E-state index in [1.165, 1.54) is 6.21 Å². The number of nitrogens with zero attached hydrogens (tertiary/aromatic N) is 1. The summed E-state index contributed by atoms with van der Waals surface area (Å²) < 4.78 is 0. The summed E-state index contributed by atoms with van der Waals surface area (Å²) in [7, 11) is 0. The van der Waals surface area contributed by atoms with Crippen LogP contribution in [0.4, 0.5) is 5.69 Å². The molecule has 1 aromatic heterocycles. The van der Waals surface area contributed by atoms with E-state index in [2.05, 4.69) is 36.2 Å². The molecule has 126 valence electrons. The van der Waals surface area contributed by atoms with Crippen molar-refractivity contribution in [2.45, 2.75) is 26.3 Å². The second-order valence-electron chi connectivity index (χ2n) is 6.16. The summed E-state index contributed by atoms with van der Waals surface area (Å²) in [5.41, 5.74) is 6.75. The van der Waals surface area contributed by atoms with E-state index in [1.807, 2.05) is 42.6 Å². The van der Waals surface area contributed by atoms with Gasteiger partial charge in [0, 0.05) is 23.7 Å². The second kappa shape index (κ2) is 8.26. The van der Waals surface area contributed by atoms with Crippen LogP contribution in [0.5, 0.6) is 0 Å². The Labute approximate surface area is 143 Å². The molecule has 5 nitrogen and oxygen atoms in total. The first-order valence-electron chi connectivity index (χ1n) is 8.03. The lowest BCUT2D eigenvalue weighted by Gasteiger charge is -2.23. The van der Waals surface area contributed by atoms with Crippen molar-refractivity contribution in [1.82, 2.24) is 10.4 Å². The Morgan fingerprint density at radius 3 is 2.62 bits per heavy atom. The first kappa shape index (κ1) is 17.7. The zero-order valence-electron chi connectivity index (χ0n) is 14.2. The van der Waals surface area contributed by atoms with E-state index >= 15 is 0 Å². The third kappa shape index (κ3) is 4.43. The number of benzene rings is 1. The Balaban J connectivity index is 2.28. The Kier molecular flexibility index (Phi) is 6.09. The average Bonchev–Trinajstić information content (AvgIpc) is 2.60. The van der Waals surface area contributed by atoms with Gasteiger partial charge in [0.2, 0.25) is 0 Å². The van der Waals surface area contributed by atoms with Crippen LogP contribution in [-0.4, -0.2) is 11.2 Å². The van der Waals surface area contributed by atoms with Gasteiger partial charge in [-0.2, -0.15) is 0 Å². The van der Waals surface area contributed by atoms with Gasteiger partial charge in [-0.05, 0) is 30.0 Å². The van der Waals surface area contributed by atoms with Crippen LogP contribution in [0, 0.1) is 11.3 Å². The molecule has 1 unspecified atom stereocenters. The minimum atomic E-state index is 0.117. The maximum Gasteiger partial charge on any atom is 0.0868 e. The normalized spacial score (nSPS) is 11.8. The molecule has 0 aliphatic heterocycles. The Morgan fingerprint density at radius 2 is 2.04 bits per heavy atom. The zero-order chi connectivity index (χ0) is 17.5. The molecule has 5 heteroatoms. The molecule has 0 spiro atoms. The number of para-hydroxylation sites is 1. The molecular formula is C19H25N5. The van der Waals surface area contributed by atoms with Crippen LogP contribution in [0.3, 0.4) is 0 Å². The number of nitrogens with two attached hydrogens (primary N) is 1. The van der Waals surface area contributed by atoms with Crippen molar-refractivity contribution < 1.29 is 0 Å². The van der Waals surface area contributed by atoms with Crippen molar-refractivity contribution in [2.24, 2.45) is 11.8 Å². The standard InChI is InChI=1S/C19H25N5/c1-13(2)10-19(23-18-7-5-4-6-15(18)11-20)16-8-9-17(22-12-16)14(3)24-21/h4-9,11-13,19-20,23-24H,3,10,21H2,1-2H3. The summed E-state index contributed by atoms with van der Waals surface area (Å²) in [6.45, 7) is 8.20. The van der Waals surface area contributed by atoms with Crippen LogP contribution >= 0.6 is 0 Å². The van der Waals surface area contributed by atoms with Gasteiger partial charge in [0.25, 0.3) is 0 Å². The number of nitrogens with one attached hydrogen (secondary N) is 3. The summed E-state index contributed by atoms with van der Waals surface area (Å²) in [5, 5.41) is 11.1. The molecule has 5 N–H and O–H groups in total. The van der Waals surface area contributed by atoms with Crippen LogP contribution in [0.25, 0.3) is 5.70 Å². The fourth-order valence-corrected chi connectivity index (χ4v) is 2.56. The van der Waals surface area contributed by atoms with Crippen LogP contribution < -0.4 is 16.6 Å². The summed E-state index contributed by atoms with van der Waals surface area (Å²) in [5.74, 6) is 5.90. The van der Waals surface area contributed by atoms with Gasteiger partial charge in [0.1, 0.15) is 0 Å². The molecule has 24 heavy (non-hydrogen) atoms. The molecule has 0 radical (unpaired) electrons. The lowest BCUT2D eigenvalue weighted by molar-refractivity contribution is 0.530. The van der Waals surface area contributed by atoms with Gasteiger partial charge in [-0.15, -0.1) is 0 Å². The third-order valence-corrected chi connectivity index (χ3v) is 3.83. The summed E-state index contributed by atoms with van der Waals surface area (Å²) >= 11 is 0. The number of aromatic nitrogens is 1. The van der Waals surface area contributed by atoms with Crippen LogP contribution in [0.2, 0.25) is 0 Å². The molecule has 0 saturated heterocycles. The molecule has 1 atom stereocenters. The molecule has 0 fully saturated rings. The highest BCUT2D eigenvalue weighted by Crippen LogP contribution is 2.27. The summed E-state index contributed by atoms with van der Waals surface area (Å²) in [6, 6.07) is 11.9. The molecular weight excluding hydrogens is 298 g/mol. The number of hydrogen-bond acceptors (Lipinski definition) is 5.